The molecular weight excluding hydrogens is 177 g/mol. The molecule has 1 aliphatic rings. The maximum atomic E-state index is 11.4. The summed E-state index contributed by atoms with van der Waals surface area (Å²) in [4.78, 5) is 9.40. The van der Waals surface area contributed by atoms with Gasteiger partial charge in [0.15, 0.2) is 0 Å². The average Bonchev–Trinajstić information content (AvgIpc) is 2.06. The maximum Gasteiger partial charge on any atom is 0.405 e. The van der Waals surface area contributed by atoms with Crippen LogP contribution in [0.3, 0.4) is 0 Å². The molecule has 0 aromatic rings. The van der Waals surface area contributed by atoms with Crippen LogP contribution in [0.2, 0.25) is 0 Å². The number of nitrogens with zero attached hydrogens (tertiary/aromatic N) is 1. The summed E-state index contributed by atoms with van der Waals surface area (Å²) in [5.41, 5.74) is 0. The highest BCUT2D eigenvalue weighted by Crippen LogP contribution is 2.47. The van der Waals surface area contributed by atoms with Gasteiger partial charge in [0.2, 0.25) is 0 Å². The van der Waals surface area contributed by atoms with Gasteiger partial charge in [-0.25, -0.2) is 9.24 Å². The normalized spacial score (nSPS) is 25.2. The van der Waals surface area contributed by atoms with Crippen LogP contribution < -0.4 is 0 Å². The molecule has 0 saturated carbocycles. The molecule has 0 radical (unpaired) electrons. The Hall–Kier alpha value is 0.110. The third-order valence-electron chi connectivity index (χ3n) is 1.99. The largest absolute Gasteiger partial charge is 0.405 e. The minimum Gasteiger partial charge on any atom is -0.312 e. The smallest absolute Gasteiger partial charge is 0.312 e. The van der Waals surface area contributed by atoms with Gasteiger partial charge in [0.05, 0.1) is 6.61 Å². The number of hydrogen-bond acceptors (Lipinski definition) is 2. The third-order valence-corrected chi connectivity index (χ3v) is 3.70. The summed E-state index contributed by atoms with van der Waals surface area (Å²) in [6.07, 6.45) is 3.15. The lowest BCUT2D eigenvalue weighted by atomic mass is 10.2. The van der Waals surface area contributed by atoms with Crippen molar-refractivity contribution in [3.05, 3.63) is 0 Å². The number of hydrogen-bond donors (Lipinski definition) is 1. The van der Waals surface area contributed by atoms with Gasteiger partial charge >= 0.3 is 7.75 Å². The van der Waals surface area contributed by atoms with E-state index < -0.39 is 7.75 Å². The molecule has 0 amide bonds. The van der Waals surface area contributed by atoms with Gasteiger partial charge in [0.25, 0.3) is 0 Å². The van der Waals surface area contributed by atoms with Crippen LogP contribution in [0.25, 0.3) is 0 Å². The molecule has 1 saturated heterocycles. The van der Waals surface area contributed by atoms with Gasteiger partial charge in [-0.05, 0) is 19.8 Å². The highest BCUT2D eigenvalue weighted by molar-refractivity contribution is 7.50. The molecule has 0 aromatic carbocycles. The summed E-state index contributed by atoms with van der Waals surface area (Å²) in [5.74, 6) is 0. The van der Waals surface area contributed by atoms with Gasteiger partial charge in [-0.2, -0.15) is 0 Å². The number of piperidine rings is 1. The van der Waals surface area contributed by atoms with Crippen LogP contribution in [0.5, 0.6) is 0 Å². The zero-order chi connectivity index (χ0) is 9.03. The average molecular weight is 193 g/mol. The van der Waals surface area contributed by atoms with E-state index in [-0.39, 0.29) is 0 Å². The Kier molecular flexibility index (Phi) is 3.72. The molecule has 72 valence electrons. The highest BCUT2D eigenvalue weighted by Gasteiger charge is 2.29. The van der Waals surface area contributed by atoms with E-state index in [1.807, 2.05) is 0 Å². The van der Waals surface area contributed by atoms with E-state index in [1.165, 1.54) is 0 Å². The van der Waals surface area contributed by atoms with E-state index in [0.29, 0.717) is 19.7 Å². The fourth-order valence-corrected chi connectivity index (χ4v) is 2.67. The molecule has 1 fully saturated rings. The molecule has 5 heteroatoms. The van der Waals surface area contributed by atoms with Crippen molar-refractivity contribution in [3.63, 3.8) is 0 Å². The van der Waals surface area contributed by atoms with Gasteiger partial charge < -0.3 is 4.89 Å². The molecule has 1 heterocycles. The molecule has 0 bridgehead atoms. The Morgan fingerprint density at radius 3 is 2.50 bits per heavy atom. The molecule has 1 aliphatic heterocycles. The Morgan fingerprint density at radius 2 is 2.00 bits per heavy atom. The van der Waals surface area contributed by atoms with Gasteiger partial charge in [-0.1, -0.05) is 6.42 Å². The molecule has 0 aromatic heterocycles. The van der Waals surface area contributed by atoms with Crippen LogP contribution in [0.15, 0.2) is 0 Å². The molecule has 12 heavy (non-hydrogen) atoms. The van der Waals surface area contributed by atoms with Crippen LogP contribution in [0, 0.1) is 0 Å². The van der Waals surface area contributed by atoms with Gasteiger partial charge in [0, 0.05) is 13.1 Å². The van der Waals surface area contributed by atoms with Gasteiger partial charge in [-0.3, -0.25) is 4.52 Å². The molecule has 1 unspecified atom stereocenters. The summed E-state index contributed by atoms with van der Waals surface area (Å²) in [6.45, 7) is 3.40. The van der Waals surface area contributed by atoms with Crippen molar-refractivity contribution in [2.24, 2.45) is 0 Å². The lowest BCUT2D eigenvalue weighted by molar-refractivity contribution is 0.196. The second kappa shape index (κ2) is 4.38. The predicted molar refractivity (Wildman–Crippen MR) is 46.9 cm³/mol. The van der Waals surface area contributed by atoms with E-state index >= 15 is 0 Å². The van der Waals surface area contributed by atoms with Crippen molar-refractivity contribution in [1.29, 1.82) is 0 Å². The Labute approximate surface area is 73.1 Å². The van der Waals surface area contributed by atoms with E-state index in [2.05, 4.69) is 0 Å². The molecular formula is C7H16NO3P. The van der Waals surface area contributed by atoms with Crippen LogP contribution in [0.4, 0.5) is 0 Å². The van der Waals surface area contributed by atoms with Crippen molar-refractivity contribution in [2.75, 3.05) is 19.7 Å². The molecule has 1 atom stereocenters. The number of rotatable bonds is 3. The van der Waals surface area contributed by atoms with Crippen molar-refractivity contribution >= 4 is 7.75 Å². The first-order valence-corrected chi connectivity index (χ1v) is 5.92. The van der Waals surface area contributed by atoms with Crippen molar-refractivity contribution in [1.82, 2.24) is 4.67 Å². The third kappa shape index (κ3) is 2.56. The maximum absolute atomic E-state index is 11.4. The summed E-state index contributed by atoms with van der Waals surface area (Å²) in [5, 5.41) is 0. The fourth-order valence-electron chi connectivity index (χ4n) is 1.38. The molecule has 0 aliphatic carbocycles. The van der Waals surface area contributed by atoms with Crippen molar-refractivity contribution in [3.8, 4) is 0 Å². The van der Waals surface area contributed by atoms with Crippen LogP contribution in [-0.2, 0) is 9.09 Å². The highest BCUT2D eigenvalue weighted by atomic mass is 31.2. The van der Waals surface area contributed by atoms with Crippen LogP contribution >= 0.6 is 7.75 Å². The lowest BCUT2D eigenvalue weighted by Gasteiger charge is -2.29. The van der Waals surface area contributed by atoms with E-state index in [0.717, 1.165) is 19.3 Å². The first-order chi connectivity index (χ1) is 5.67. The van der Waals surface area contributed by atoms with Crippen molar-refractivity contribution < 1.29 is 14.0 Å². The Morgan fingerprint density at radius 1 is 1.42 bits per heavy atom. The zero-order valence-electron chi connectivity index (χ0n) is 7.40. The zero-order valence-corrected chi connectivity index (χ0v) is 8.30. The summed E-state index contributed by atoms with van der Waals surface area (Å²) in [7, 11) is -3.43. The Balaban J connectivity index is 2.48. The first-order valence-electron chi connectivity index (χ1n) is 4.39. The summed E-state index contributed by atoms with van der Waals surface area (Å²) >= 11 is 0. The monoisotopic (exact) mass is 193 g/mol. The molecule has 1 rings (SSSR count). The van der Waals surface area contributed by atoms with Crippen LogP contribution in [0.1, 0.15) is 26.2 Å². The topological polar surface area (TPSA) is 49.8 Å². The second-order valence-corrected chi connectivity index (χ2v) is 4.73. The second-order valence-electron chi connectivity index (χ2n) is 2.92. The van der Waals surface area contributed by atoms with Crippen molar-refractivity contribution in [2.45, 2.75) is 26.2 Å². The molecule has 4 nitrogen and oxygen atoms in total. The fraction of sp³-hybridized carbons (Fsp3) is 1.00. The van der Waals surface area contributed by atoms with Crippen LogP contribution in [-0.4, -0.2) is 29.3 Å². The minimum atomic E-state index is -3.43. The first kappa shape index (κ1) is 10.2. The minimum absolute atomic E-state index is 0.296. The summed E-state index contributed by atoms with van der Waals surface area (Å²) in [6, 6.07) is 0. The Bertz CT molecular complexity index is 179. The summed E-state index contributed by atoms with van der Waals surface area (Å²) < 4.78 is 17.8. The molecule has 1 N–H and O–H groups in total. The van der Waals surface area contributed by atoms with E-state index in [9.17, 15) is 9.46 Å². The SMILES string of the molecule is CCOP(=O)(O)N1CCCCC1. The van der Waals surface area contributed by atoms with E-state index in [1.54, 1.807) is 11.6 Å². The predicted octanol–water partition coefficient (Wildman–Crippen LogP) is 1.61. The molecule has 0 spiro atoms. The lowest BCUT2D eigenvalue weighted by Crippen LogP contribution is -2.27. The quantitative estimate of drug-likeness (QED) is 0.692. The van der Waals surface area contributed by atoms with E-state index in [4.69, 9.17) is 4.52 Å². The standard InChI is InChI=1S/C7H16NO3P/c1-2-11-12(9,10)8-6-4-3-5-7-8/h2-7H2,1H3,(H,9,10). The van der Waals surface area contributed by atoms with Gasteiger partial charge in [-0.15, -0.1) is 0 Å². The van der Waals surface area contributed by atoms with Gasteiger partial charge in [0.1, 0.15) is 0 Å².